The van der Waals surface area contributed by atoms with E-state index >= 15 is 0 Å². The zero-order valence-electron chi connectivity index (χ0n) is 16.7. The minimum absolute atomic E-state index is 0.166. The lowest BCUT2D eigenvalue weighted by Gasteiger charge is -2.45. The number of hydrogen-bond acceptors (Lipinski definition) is 5. The molecule has 5 rings (SSSR count). The van der Waals surface area contributed by atoms with Gasteiger partial charge in [-0.3, -0.25) is 9.10 Å². The van der Waals surface area contributed by atoms with Gasteiger partial charge in [0, 0.05) is 36.4 Å². The molecule has 1 N–H and O–H groups in total. The molecule has 150 valence electrons. The van der Waals surface area contributed by atoms with E-state index in [9.17, 15) is 4.79 Å². The molecule has 6 nitrogen and oxygen atoms in total. The molecule has 0 saturated heterocycles. The molecule has 28 heavy (non-hydrogen) atoms. The maximum atomic E-state index is 13.1. The first-order valence-electron chi connectivity index (χ1n) is 10.4. The summed E-state index contributed by atoms with van der Waals surface area (Å²) in [6.45, 7) is 1.91. The largest absolute Gasteiger partial charge is 0.349 e. The minimum atomic E-state index is 0.166. The van der Waals surface area contributed by atoms with Crippen molar-refractivity contribution in [2.24, 2.45) is 5.92 Å². The number of rotatable bonds is 5. The topological polar surface area (TPSA) is 55.5 Å². The maximum Gasteiger partial charge on any atom is 0.259 e. The SMILES string of the molecule is CSN(C)CC1CCC(N2CN(C3CC3)C(=O)c3cnc4[nH]ccc4c32)CC1. The van der Waals surface area contributed by atoms with Crippen molar-refractivity contribution in [1.29, 1.82) is 0 Å². The first-order chi connectivity index (χ1) is 13.7. The Morgan fingerprint density at radius 3 is 2.61 bits per heavy atom. The second-order valence-corrected chi connectivity index (χ2v) is 9.53. The summed E-state index contributed by atoms with van der Waals surface area (Å²) < 4.78 is 2.35. The average Bonchev–Trinajstić information content (AvgIpc) is 3.44. The van der Waals surface area contributed by atoms with Crippen LogP contribution in [-0.4, -0.2) is 63.7 Å². The van der Waals surface area contributed by atoms with Crippen molar-refractivity contribution in [2.45, 2.75) is 50.6 Å². The van der Waals surface area contributed by atoms with Crippen LogP contribution < -0.4 is 4.90 Å². The molecule has 0 spiro atoms. The lowest BCUT2D eigenvalue weighted by molar-refractivity contribution is 0.0718. The summed E-state index contributed by atoms with van der Waals surface area (Å²) in [5.41, 5.74) is 2.78. The third-order valence-corrected chi connectivity index (χ3v) is 7.49. The molecular formula is C21H29N5OS. The summed E-state index contributed by atoms with van der Waals surface area (Å²) in [6, 6.07) is 3.01. The Balaban J connectivity index is 1.43. The van der Waals surface area contributed by atoms with Crippen LogP contribution in [0.15, 0.2) is 18.5 Å². The summed E-state index contributed by atoms with van der Waals surface area (Å²) in [7, 11) is 2.19. The van der Waals surface area contributed by atoms with Crippen LogP contribution in [0, 0.1) is 5.92 Å². The summed E-state index contributed by atoms with van der Waals surface area (Å²) in [5.74, 6) is 0.948. The maximum absolute atomic E-state index is 13.1. The molecule has 0 unspecified atom stereocenters. The van der Waals surface area contributed by atoms with Crippen molar-refractivity contribution >= 4 is 34.6 Å². The van der Waals surface area contributed by atoms with Gasteiger partial charge in [-0.1, -0.05) is 11.9 Å². The van der Waals surface area contributed by atoms with E-state index in [2.05, 4.69) is 43.4 Å². The van der Waals surface area contributed by atoms with Crippen LogP contribution >= 0.6 is 11.9 Å². The molecule has 2 aromatic heterocycles. The molecule has 0 aromatic carbocycles. The zero-order chi connectivity index (χ0) is 19.3. The fraction of sp³-hybridized carbons (Fsp3) is 0.619. The van der Waals surface area contributed by atoms with Gasteiger partial charge in [-0.05, 0) is 63.8 Å². The van der Waals surface area contributed by atoms with Crippen LogP contribution in [0.2, 0.25) is 0 Å². The van der Waals surface area contributed by atoms with Gasteiger partial charge in [0.25, 0.3) is 5.91 Å². The predicted molar refractivity (Wildman–Crippen MR) is 115 cm³/mol. The molecule has 2 aromatic rings. The monoisotopic (exact) mass is 399 g/mol. The Morgan fingerprint density at radius 1 is 1.18 bits per heavy atom. The highest BCUT2D eigenvalue weighted by Gasteiger charge is 2.42. The molecule has 2 aliphatic carbocycles. The average molecular weight is 400 g/mol. The van der Waals surface area contributed by atoms with E-state index in [0.717, 1.165) is 47.7 Å². The molecule has 3 aliphatic rings. The van der Waals surface area contributed by atoms with Gasteiger partial charge in [-0.15, -0.1) is 0 Å². The number of hydrogen-bond donors (Lipinski definition) is 1. The Hall–Kier alpha value is -1.73. The van der Waals surface area contributed by atoms with Crippen molar-refractivity contribution in [1.82, 2.24) is 19.2 Å². The summed E-state index contributed by atoms with van der Waals surface area (Å²) in [5, 5.41) is 1.09. The fourth-order valence-corrected chi connectivity index (χ4v) is 5.32. The Labute approximate surface area is 170 Å². The van der Waals surface area contributed by atoms with Gasteiger partial charge in [0.15, 0.2) is 0 Å². The Morgan fingerprint density at radius 2 is 1.89 bits per heavy atom. The van der Waals surface area contributed by atoms with Gasteiger partial charge in [0.2, 0.25) is 0 Å². The molecule has 0 atom stereocenters. The number of carbonyl (C=O) groups excluding carboxylic acids is 1. The van der Waals surface area contributed by atoms with Gasteiger partial charge in [0.05, 0.1) is 17.9 Å². The highest BCUT2D eigenvalue weighted by molar-refractivity contribution is 7.96. The molecule has 2 fully saturated rings. The van der Waals surface area contributed by atoms with Crippen LogP contribution in [0.1, 0.15) is 48.9 Å². The number of aromatic amines is 1. The fourth-order valence-electron chi connectivity index (χ4n) is 4.96. The van der Waals surface area contributed by atoms with Crippen LogP contribution in [-0.2, 0) is 0 Å². The van der Waals surface area contributed by atoms with E-state index < -0.39 is 0 Å². The summed E-state index contributed by atoms with van der Waals surface area (Å²) >= 11 is 1.82. The first kappa shape index (κ1) is 18.3. The van der Waals surface area contributed by atoms with E-state index in [0.29, 0.717) is 12.1 Å². The smallest absolute Gasteiger partial charge is 0.259 e. The number of aromatic nitrogens is 2. The lowest BCUT2D eigenvalue weighted by Crippen LogP contribution is -2.52. The van der Waals surface area contributed by atoms with Crippen molar-refractivity contribution in [3.8, 4) is 0 Å². The molecule has 3 heterocycles. The van der Waals surface area contributed by atoms with Crippen molar-refractivity contribution in [2.75, 3.05) is 31.4 Å². The molecule has 1 aliphatic heterocycles. The van der Waals surface area contributed by atoms with Crippen molar-refractivity contribution in [3.05, 3.63) is 24.0 Å². The summed E-state index contributed by atoms with van der Waals surface area (Å²) in [6.07, 6.45) is 13.1. The third kappa shape index (κ3) is 3.18. The molecular weight excluding hydrogens is 370 g/mol. The van der Waals surface area contributed by atoms with Crippen LogP contribution in [0.4, 0.5) is 5.69 Å². The standard InChI is InChI=1S/C21H29N5OS/c1-24(28-2)12-14-3-5-15(6-4-14)25-13-26(16-7-8-16)21(27)18-11-23-20-17(19(18)25)9-10-22-20/h9-11,14-16H,3-8,12-13H2,1-2H3,(H,22,23). The van der Waals surface area contributed by atoms with Gasteiger partial charge >= 0.3 is 0 Å². The normalized spacial score (nSPS) is 25.6. The molecule has 0 bridgehead atoms. The lowest BCUT2D eigenvalue weighted by atomic mass is 9.84. The first-order valence-corrected chi connectivity index (χ1v) is 11.6. The number of anilines is 1. The number of H-pyrrole nitrogens is 1. The van der Waals surface area contributed by atoms with E-state index in [4.69, 9.17) is 0 Å². The molecule has 7 heteroatoms. The van der Waals surface area contributed by atoms with Gasteiger partial charge in [-0.2, -0.15) is 0 Å². The van der Waals surface area contributed by atoms with Crippen LogP contribution in [0.5, 0.6) is 0 Å². The molecule has 2 saturated carbocycles. The highest BCUT2D eigenvalue weighted by atomic mass is 32.2. The Bertz CT molecular complexity index is 871. The highest BCUT2D eigenvalue weighted by Crippen LogP contribution is 2.41. The molecule has 1 amide bonds. The van der Waals surface area contributed by atoms with Crippen LogP contribution in [0.3, 0.4) is 0 Å². The zero-order valence-corrected chi connectivity index (χ0v) is 17.5. The number of pyridine rings is 1. The van der Waals surface area contributed by atoms with Gasteiger partial charge in [0.1, 0.15) is 5.65 Å². The number of amides is 1. The molecule has 0 radical (unpaired) electrons. The number of carbonyl (C=O) groups is 1. The van der Waals surface area contributed by atoms with Gasteiger partial charge in [-0.25, -0.2) is 4.98 Å². The van der Waals surface area contributed by atoms with Crippen molar-refractivity contribution < 1.29 is 4.79 Å². The number of fused-ring (bicyclic) bond motifs is 3. The van der Waals surface area contributed by atoms with E-state index in [-0.39, 0.29) is 5.91 Å². The Kier molecular flexibility index (Phi) is 4.75. The van der Waals surface area contributed by atoms with Crippen molar-refractivity contribution in [3.63, 3.8) is 0 Å². The number of nitrogens with zero attached hydrogens (tertiary/aromatic N) is 4. The van der Waals surface area contributed by atoms with E-state index in [1.165, 1.54) is 32.2 Å². The quantitative estimate of drug-likeness (QED) is 0.777. The second-order valence-electron chi connectivity index (χ2n) is 8.55. The van der Waals surface area contributed by atoms with E-state index in [1.54, 1.807) is 6.20 Å². The predicted octanol–water partition coefficient (Wildman–Crippen LogP) is 3.71. The third-order valence-electron chi connectivity index (χ3n) is 6.71. The second kappa shape index (κ2) is 7.26. The number of nitrogens with one attached hydrogen (secondary N) is 1. The van der Waals surface area contributed by atoms with Crippen LogP contribution in [0.25, 0.3) is 11.0 Å². The summed E-state index contributed by atoms with van der Waals surface area (Å²) in [4.78, 5) is 25.5. The van der Waals surface area contributed by atoms with Gasteiger partial charge < -0.3 is 14.8 Å². The minimum Gasteiger partial charge on any atom is -0.349 e. The van der Waals surface area contributed by atoms with E-state index in [1.807, 2.05) is 18.1 Å².